The highest BCUT2D eigenvalue weighted by Crippen LogP contribution is 2.06. The van der Waals surface area contributed by atoms with Gasteiger partial charge in [-0.05, 0) is 36.4 Å². The van der Waals surface area contributed by atoms with Gasteiger partial charge in [0, 0.05) is 12.4 Å². The molecule has 1 aromatic carbocycles. The van der Waals surface area contributed by atoms with Crippen molar-refractivity contribution in [2.24, 2.45) is 5.92 Å². The van der Waals surface area contributed by atoms with Crippen molar-refractivity contribution in [3.8, 4) is 0 Å². The molecule has 0 spiro atoms. The zero-order valence-corrected chi connectivity index (χ0v) is 11.1. The Balaban J connectivity index is 2.26. The molecule has 1 atom stereocenters. The fraction of sp³-hybridized carbons (Fsp3) is 0.571. The van der Waals surface area contributed by atoms with E-state index < -0.39 is 0 Å². The van der Waals surface area contributed by atoms with Gasteiger partial charge in [0.1, 0.15) is 0 Å². The Hall–Kier alpha value is -0.530. The van der Waals surface area contributed by atoms with Gasteiger partial charge in [-0.3, -0.25) is 0 Å². The van der Waals surface area contributed by atoms with Gasteiger partial charge in [0.05, 0.1) is 0 Å². The van der Waals surface area contributed by atoms with Crippen molar-refractivity contribution in [2.75, 3.05) is 12.4 Å². The van der Waals surface area contributed by atoms with Gasteiger partial charge in [-0.15, -0.1) is 11.6 Å². The van der Waals surface area contributed by atoms with Gasteiger partial charge in [-0.25, -0.2) is 0 Å². The topological polar surface area (TPSA) is 12.0 Å². The van der Waals surface area contributed by atoms with E-state index in [0.717, 1.165) is 31.8 Å². The van der Waals surface area contributed by atoms with Gasteiger partial charge in [-0.2, -0.15) is 0 Å². The second-order valence-electron chi connectivity index (χ2n) is 4.38. The Bertz CT molecular complexity index is 281. The third kappa shape index (κ3) is 5.00. The third-order valence-electron chi connectivity index (χ3n) is 2.86. The largest absolute Gasteiger partial charge is 0.312 e. The average Bonchev–Trinajstić information content (AvgIpc) is 2.30. The molecule has 2 heteroatoms. The van der Waals surface area contributed by atoms with E-state index in [1.54, 1.807) is 0 Å². The van der Waals surface area contributed by atoms with Crippen LogP contribution < -0.4 is 5.32 Å². The van der Waals surface area contributed by atoms with Crippen LogP contribution in [0.15, 0.2) is 24.3 Å². The summed E-state index contributed by atoms with van der Waals surface area (Å²) in [7, 11) is 0. The number of benzene rings is 1. The van der Waals surface area contributed by atoms with Crippen LogP contribution in [0.5, 0.6) is 0 Å². The quantitative estimate of drug-likeness (QED) is 0.717. The summed E-state index contributed by atoms with van der Waals surface area (Å²) in [5.74, 6) is 1.42. The third-order valence-corrected chi connectivity index (χ3v) is 3.07. The molecule has 0 heterocycles. The number of nitrogens with one attached hydrogen (secondary N) is 1. The van der Waals surface area contributed by atoms with Crippen molar-refractivity contribution >= 4 is 11.6 Å². The van der Waals surface area contributed by atoms with E-state index in [2.05, 4.69) is 43.4 Å². The van der Waals surface area contributed by atoms with Gasteiger partial charge in [0.2, 0.25) is 0 Å². The molecule has 0 aliphatic heterocycles. The minimum absolute atomic E-state index is 0.660. The summed E-state index contributed by atoms with van der Waals surface area (Å²) in [6.07, 6.45) is 2.20. The average molecular weight is 240 g/mol. The molecule has 0 aliphatic rings. The van der Waals surface area contributed by atoms with E-state index in [9.17, 15) is 0 Å². The van der Waals surface area contributed by atoms with Crippen molar-refractivity contribution in [2.45, 2.75) is 33.2 Å². The standard InChI is InChI=1S/C14H22ClN/c1-3-13-4-6-14(7-5-13)11-16-10-12(2)8-9-15/h4-7,12,16H,3,8-11H2,1-2H3. The molecule has 16 heavy (non-hydrogen) atoms. The summed E-state index contributed by atoms with van der Waals surface area (Å²) in [4.78, 5) is 0. The maximum atomic E-state index is 5.70. The fourth-order valence-electron chi connectivity index (χ4n) is 1.64. The summed E-state index contributed by atoms with van der Waals surface area (Å²) < 4.78 is 0. The van der Waals surface area contributed by atoms with Crippen LogP contribution in [0.25, 0.3) is 0 Å². The summed E-state index contributed by atoms with van der Waals surface area (Å²) in [6, 6.07) is 8.83. The molecule has 1 aromatic rings. The molecular formula is C14H22ClN. The molecule has 0 saturated heterocycles. The Morgan fingerprint density at radius 3 is 2.38 bits per heavy atom. The molecule has 0 aliphatic carbocycles. The second-order valence-corrected chi connectivity index (χ2v) is 4.76. The first-order chi connectivity index (χ1) is 7.76. The van der Waals surface area contributed by atoms with E-state index in [4.69, 9.17) is 11.6 Å². The number of halogens is 1. The first kappa shape index (κ1) is 13.5. The summed E-state index contributed by atoms with van der Waals surface area (Å²) in [6.45, 7) is 6.41. The fourth-order valence-corrected chi connectivity index (χ4v) is 2.02. The number of rotatable bonds is 7. The summed E-state index contributed by atoms with van der Waals surface area (Å²) in [5.41, 5.74) is 2.76. The molecule has 1 N–H and O–H groups in total. The molecule has 0 saturated carbocycles. The zero-order valence-electron chi connectivity index (χ0n) is 10.3. The Kier molecular flexibility index (Phi) is 6.51. The number of hydrogen-bond acceptors (Lipinski definition) is 1. The van der Waals surface area contributed by atoms with Crippen LogP contribution in [0, 0.1) is 5.92 Å². The molecule has 0 radical (unpaired) electrons. The van der Waals surface area contributed by atoms with Crippen LogP contribution in [-0.4, -0.2) is 12.4 Å². The van der Waals surface area contributed by atoms with Gasteiger partial charge >= 0.3 is 0 Å². The van der Waals surface area contributed by atoms with Gasteiger partial charge < -0.3 is 5.32 Å². The lowest BCUT2D eigenvalue weighted by atomic mass is 10.1. The van der Waals surface area contributed by atoms with E-state index in [1.807, 2.05) is 0 Å². The lowest BCUT2D eigenvalue weighted by Gasteiger charge is -2.11. The number of aryl methyl sites for hydroxylation is 1. The van der Waals surface area contributed by atoms with Crippen molar-refractivity contribution < 1.29 is 0 Å². The SMILES string of the molecule is CCc1ccc(CNCC(C)CCCl)cc1. The number of hydrogen-bond donors (Lipinski definition) is 1. The molecule has 0 amide bonds. The molecular weight excluding hydrogens is 218 g/mol. The van der Waals surface area contributed by atoms with Crippen molar-refractivity contribution in [3.05, 3.63) is 35.4 Å². The van der Waals surface area contributed by atoms with Gasteiger partial charge in [-0.1, -0.05) is 38.1 Å². The minimum atomic E-state index is 0.660. The van der Waals surface area contributed by atoms with E-state index >= 15 is 0 Å². The van der Waals surface area contributed by atoms with Gasteiger partial charge in [0.25, 0.3) is 0 Å². The highest BCUT2D eigenvalue weighted by molar-refractivity contribution is 6.17. The predicted molar refractivity (Wildman–Crippen MR) is 72.0 cm³/mol. The molecule has 0 fully saturated rings. The number of alkyl halides is 1. The van der Waals surface area contributed by atoms with Crippen LogP contribution in [0.3, 0.4) is 0 Å². The first-order valence-corrected chi connectivity index (χ1v) is 6.64. The maximum absolute atomic E-state index is 5.70. The minimum Gasteiger partial charge on any atom is -0.312 e. The zero-order chi connectivity index (χ0) is 11.8. The molecule has 1 rings (SSSR count). The smallest absolute Gasteiger partial charge is 0.0226 e. The van der Waals surface area contributed by atoms with E-state index in [-0.39, 0.29) is 0 Å². The first-order valence-electron chi connectivity index (χ1n) is 6.10. The molecule has 90 valence electrons. The van der Waals surface area contributed by atoms with Crippen LogP contribution >= 0.6 is 11.6 Å². The van der Waals surface area contributed by atoms with Crippen LogP contribution in [0.4, 0.5) is 0 Å². The highest BCUT2D eigenvalue weighted by Gasteiger charge is 2.00. The highest BCUT2D eigenvalue weighted by atomic mass is 35.5. The predicted octanol–water partition coefficient (Wildman–Crippen LogP) is 3.60. The van der Waals surface area contributed by atoms with Crippen molar-refractivity contribution in [3.63, 3.8) is 0 Å². The second kappa shape index (κ2) is 7.70. The lowest BCUT2D eigenvalue weighted by molar-refractivity contribution is 0.502. The molecule has 1 nitrogen and oxygen atoms in total. The lowest BCUT2D eigenvalue weighted by Crippen LogP contribution is -2.20. The van der Waals surface area contributed by atoms with E-state index in [0.29, 0.717) is 5.92 Å². The molecule has 0 bridgehead atoms. The molecule has 1 unspecified atom stereocenters. The Morgan fingerprint density at radius 2 is 1.81 bits per heavy atom. The van der Waals surface area contributed by atoms with Gasteiger partial charge in [0.15, 0.2) is 0 Å². The normalized spacial score (nSPS) is 12.7. The maximum Gasteiger partial charge on any atom is 0.0226 e. The van der Waals surface area contributed by atoms with Crippen molar-refractivity contribution in [1.82, 2.24) is 5.32 Å². The Morgan fingerprint density at radius 1 is 1.19 bits per heavy atom. The summed E-state index contributed by atoms with van der Waals surface area (Å²) in [5, 5.41) is 3.47. The summed E-state index contributed by atoms with van der Waals surface area (Å²) >= 11 is 5.70. The Labute approximate surface area is 104 Å². The van der Waals surface area contributed by atoms with Crippen LogP contribution in [-0.2, 0) is 13.0 Å². The van der Waals surface area contributed by atoms with Crippen LogP contribution in [0.2, 0.25) is 0 Å². The van der Waals surface area contributed by atoms with Crippen molar-refractivity contribution in [1.29, 1.82) is 0 Å². The monoisotopic (exact) mass is 239 g/mol. The molecule has 0 aromatic heterocycles. The van der Waals surface area contributed by atoms with E-state index in [1.165, 1.54) is 11.1 Å². The van der Waals surface area contributed by atoms with Crippen LogP contribution in [0.1, 0.15) is 31.4 Å².